The molecular weight excluding hydrogens is 204 g/mol. The van der Waals surface area contributed by atoms with Gasteiger partial charge in [0.1, 0.15) is 17.5 Å². The summed E-state index contributed by atoms with van der Waals surface area (Å²) in [6.07, 6.45) is 1.96. The summed E-state index contributed by atoms with van der Waals surface area (Å²) >= 11 is 0. The number of ether oxygens (including phenoxy) is 1. The minimum Gasteiger partial charge on any atom is -0.381 e. The van der Waals surface area contributed by atoms with Gasteiger partial charge >= 0.3 is 0 Å². The molecule has 1 fully saturated rings. The van der Waals surface area contributed by atoms with E-state index in [0.29, 0.717) is 11.6 Å². The first-order valence-corrected chi connectivity index (χ1v) is 5.50. The molecule has 1 aromatic rings. The van der Waals surface area contributed by atoms with Gasteiger partial charge in [-0.3, -0.25) is 4.68 Å². The average Bonchev–Trinajstić information content (AvgIpc) is 2.55. The Morgan fingerprint density at radius 2 is 2.19 bits per heavy atom. The molecule has 0 unspecified atom stereocenters. The summed E-state index contributed by atoms with van der Waals surface area (Å²) in [5, 5.41) is 16.7. The van der Waals surface area contributed by atoms with Crippen molar-refractivity contribution in [2.75, 3.05) is 18.5 Å². The van der Waals surface area contributed by atoms with Crippen LogP contribution in [0.15, 0.2) is 0 Å². The third-order valence-corrected chi connectivity index (χ3v) is 2.90. The van der Waals surface area contributed by atoms with Gasteiger partial charge in [-0.2, -0.15) is 10.4 Å². The van der Waals surface area contributed by atoms with Crippen molar-refractivity contribution in [3.63, 3.8) is 0 Å². The van der Waals surface area contributed by atoms with Crippen molar-refractivity contribution >= 4 is 5.82 Å². The monoisotopic (exact) mass is 220 g/mol. The molecule has 0 bridgehead atoms. The number of nitriles is 1. The van der Waals surface area contributed by atoms with Crippen LogP contribution in [0.5, 0.6) is 0 Å². The fraction of sp³-hybridized carbons (Fsp3) is 0.636. The zero-order valence-electron chi connectivity index (χ0n) is 9.66. The second-order valence-corrected chi connectivity index (χ2v) is 4.08. The Kier molecular flexibility index (Phi) is 3.11. The summed E-state index contributed by atoms with van der Waals surface area (Å²) < 4.78 is 7.04. The zero-order chi connectivity index (χ0) is 11.5. The molecule has 0 amide bonds. The maximum Gasteiger partial charge on any atom is 0.142 e. The highest BCUT2D eigenvalue weighted by Crippen LogP contribution is 2.20. The largest absolute Gasteiger partial charge is 0.381 e. The molecule has 0 spiro atoms. The Balaban J connectivity index is 2.17. The van der Waals surface area contributed by atoms with E-state index in [2.05, 4.69) is 16.5 Å². The zero-order valence-corrected chi connectivity index (χ0v) is 9.66. The molecule has 0 saturated carbocycles. The van der Waals surface area contributed by atoms with E-state index in [4.69, 9.17) is 10.00 Å². The van der Waals surface area contributed by atoms with Crippen LogP contribution in [0.4, 0.5) is 5.82 Å². The van der Waals surface area contributed by atoms with Crippen molar-refractivity contribution in [3.05, 3.63) is 11.3 Å². The lowest BCUT2D eigenvalue weighted by atomic mass is 10.1. The maximum atomic E-state index is 9.07. The number of nitrogens with one attached hydrogen (secondary N) is 1. The van der Waals surface area contributed by atoms with E-state index in [1.807, 2.05) is 14.0 Å². The molecule has 0 aromatic carbocycles. The van der Waals surface area contributed by atoms with Gasteiger partial charge in [-0.25, -0.2) is 0 Å². The molecule has 2 heterocycles. The van der Waals surface area contributed by atoms with E-state index in [1.54, 1.807) is 4.68 Å². The van der Waals surface area contributed by atoms with Crippen molar-refractivity contribution in [3.8, 4) is 6.07 Å². The molecule has 16 heavy (non-hydrogen) atoms. The molecule has 0 aliphatic carbocycles. The van der Waals surface area contributed by atoms with Gasteiger partial charge in [0.05, 0.1) is 5.69 Å². The van der Waals surface area contributed by atoms with E-state index in [1.165, 1.54) is 0 Å². The van der Waals surface area contributed by atoms with Gasteiger partial charge in [-0.15, -0.1) is 0 Å². The molecule has 1 N–H and O–H groups in total. The normalized spacial score (nSPS) is 17.1. The standard InChI is InChI=1S/C11H16N4O/c1-8-10(7-12)11(15(2)14-8)13-9-3-5-16-6-4-9/h9,13H,3-6H2,1-2H3. The van der Waals surface area contributed by atoms with Gasteiger partial charge in [-0.1, -0.05) is 0 Å². The summed E-state index contributed by atoms with van der Waals surface area (Å²) in [6, 6.07) is 2.58. The number of aromatic nitrogens is 2. The number of nitrogens with zero attached hydrogens (tertiary/aromatic N) is 3. The highest BCUT2D eigenvalue weighted by Gasteiger charge is 2.18. The third-order valence-electron chi connectivity index (χ3n) is 2.90. The first kappa shape index (κ1) is 11.0. The number of hydrogen-bond donors (Lipinski definition) is 1. The summed E-state index contributed by atoms with van der Waals surface area (Å²) in [4.78, 5) is 0. The minimum atomic E-state index is 0.385. The molecule has 86 valence electrons. The van der Waals surface area contributed by atoms with Crippen LogP contribution in [-0.4, -0.2) is 29.0 Å². The Bertz CT molecular complexity index is 412. The second kappa shape index (κ2) is 4.54. The molecular formula is C11H16N4O. The van der Waals surface area contributed by atoms with E-state index >= 15 is 0 Å². The van der Waals surface area contributed by atoms with Crippen LogP contribution < -0.4 is 5.32 Å². The topological polar surface area (TPSA) is 62.9 Å². The van der Waals surface area contributed by atoms with E-state index in [-0.39, 0.29) is 0 Å². The smallest absolute Gasteiger partial charge is 0.142 e. The Morgan fingerprint density at radius 3 is 2.81 bits per heavy atom. The van der Waals surface area contributed by atoms with Gasteiger partial charge in [-0.05, 0) is 19.8 Å². The highest BCUT2D eigenvalue weighted by atomic mass is 16.5. The fourth-order valence-corrected chi connectivity index (χ4v) is 1.99. The molecule has 1 aliphatic rings. The molecule has 1 aromatic heterocycles. The number of hydrogen-bond acceptors (Lipinski definition) is 4. The summed E-state index contributed by atoms with van der Waals surface area (Å²) in [7, 11) is 1.86. The third kappa shape index (κ3) is 2.02. The van der Waals surface area contributed by atoms with Gasteiger partial charge in [0.15, 0.2) is 0 Å². The van der Waals surface area contributed by atoms with Crippen LogP contribution in [-0.2, 0) is 11.8 Å². The quantitative estimate of drug-likeness (QED) is 0.813. The van der Waals surface area contributed by atoms with Gasteiger partial charge < -0.3 is 10.1 Å². The number of anilines is 1. The maximum absolute atomic E-state index is 9.07. The van der Waals surface area contributed by atoms with Crippen LogP contribution in [0.2, 0.25) is 0 Å². The van der Waals surface area contributed by atoms with Crippen molar-refractivity contribution in [2.24, 2.45) is 7.05 Å². The van der Waals surface area contributed by atoms with Crippen molar-refractivity contribution in [2.45, 2.75) is 25.8 Å². The first-order chi connectivity index (χ1) is 7.72. The molecule has 2 rings (SSSR count). The van der Waals surface area contributed by atoms with Crippen molar-refractivity contribution < 1.29 is 4.74 Å². The van der Waals surface area contributed by atoms with Crippen LogP contribution >= 0.6 is 0 Å². The predicted octanol–water partition coefficient (Wildman–Crippen LogP) is 1.19. The van der Waals surface area contributed by atoms with Gasteiger partial charge in [0.25, 0.3) is 0 Å². The lowest BCUT2D eigenvalue weighted by Crippen LogP contribution is -2.29. The lowest BCUT2D eigenvalue weighted by molar-refractivity contribution is 0.0903. The molecule has 1 aliphatic heterocycles. The van der Waals surface area contributed by atoms with Crippen LogP contribution in [0.1, 0.15) is 24.1 Å². The number of rotatable bonds is 2. The molecule has 1 saturated heterocycles. The van der Waals surface area contributed by atoms with Crippen LogP contribution in [0.3, 0.4) is 0 Å². The highest BCUT2D eigenvalue weighted by molar-refractivity contribution is 5.55. The molecule has 5 heteroatoms. The van der Waals surface area contributed by atoms with E-state index < -0.39 is 0 Å². The Morgan fingerprint density at radius 1 is 1.50 bits per heavy atom. The Hall–Kier alpha value is -1.54. The summed E-state index contributed by atoms with van der Waals surface area (Å²) in [6.45, 7) is 3.43. The first-order valence-electron chi connectivity index (χ1n) is 5.50. The average molecular weight is 220 g/mol. The van der Waals surface area contributed by atoms with Crippen molar-refractivity contribution in [1.82, 2.24) is 9.78 Å². The molecule has 0 radical (unpaired) electrons. The number of aryl methyl sites for hydroxylation is 2. The van der Waals surface area contributed by atoms with Gasteiger partial charge in [0.2, 0.25) is 0 Å². The predicted molar refractivity (Wildman–Crippen MR) is 60.1 cm³/mol. The van der Waals surface area contributed by atoms with E-state index in [9.17, 15) is 0 Å². The lowest BCUT2D eigenvalue weighted by Gasteiger charge is -2.24. The summed E-state index contributed by atoms with van der Waals surface area (Å²) in [5.74, 6) is 0.826. The molecule has 5 nitrogen and oxygen atoms in total. The van der Waals surface area contributed by atoms with Gasteiger partial charge in [0, 0.05) is 26.3 Å². The Labute approximate surface area is 95.0 Å². The van der Waals surface area contributed by atoms with Crippen molar-refractivity contribution in [1.29, 1.82) is 5.26 Å². The second-order valence-electron chi connectivity index (χ2n) is 4.08. The molecule has 0 atom stereocenters. The van der Waals surface area contributed by atoms with Crippen LogP contribution in [0.25, 0.3) is 0 Å². The minimum absolute atomic E-state index is 0.385. The fourth-order valence-electron chi connectivity index (χ4n) is 1.99. The van der Waals surface area contributed by atoms with E-state index in [0.717, 1.165) is 37.6 Å². The van der Waals surface area contributed by atoms with Crippen LogP contribution in [0, 0.1) is 18.3 Å². The summed E-state index contributed by atoms with van der Waals surface area (Å²) in [5.41, 5.74) is 1.42. The SMILES string of the molecule is Cc1nn(C)c(NC2CCOCC2)c1C#N.